The summed E-state index contributed by atoms with van der Waals surface area (Å²) in [4.78, 5) is 81.5. The monoisotopic (exact) mass is 718 g/mol. The predicted octanol–water partition coefficient (Wildman–Crippen LogP) is 5.64. The van der Waals surface area contributed by atoms with Gasteiger partial charge in [0, 0.05) is 37.6 Å². The Bertz CT molecular complexity index is 1750. The Morgan fingerprint density at radius 3 is 1.54 bits per heavy atom. The van der Waals surface area contributed by atoms with Crippen molar-refractivity contribution < 1.29 is 38.2 Å². The van der Waals surface area contributed by atoms with Crippen LogP contribution < -0.4 is 20.4 Å². The van der Waals surface area contributed by atoms with E-state index >= 15 is 0 Å². The lowest BCUT2D eigenvalue weighted by Gasteiger charge is -2.42. The maximum atomic E-state index is 13.5. The third-order valence-electron chi connectivity index (χ3n) is 9.70. The Balaban J connectivity index is 0.000000231. The molecular weight excluding hydrogens is 668 g/mol. The second kappa shape index (κ2) is 14.1. The highest BCUT2D eigenvalue weighted by Gasteiger charge is 2.64. The molecule has 4 aliphatic rings. The molecule has 4 fully saturated rings. The zero-order valence-electron chi connectivity index (χ0n) is 31.3. The van der Waals surface area contributed by atoms with Gasteiger partial charge >= 0.3 is 24.2 Å². The standard InChI is InChI=1S/C24H33N3O6.C14H17N3O2/c1-16-10-8-9-11-17(16)25-14-12-24(13-15-25)18(28)26(20(30)32-22(2,3)4)19(29)27(24)21(31)33-23(5,6)7;1-10-4-2-3-5-11(10)17-8-6-14(7-9-17)12(18)15-13(19)16-14/h8-11H,12-15H2,1-7H3;2-5H,6-9H2,1H3,(H2,15,16,18,19). The average molecular weight is 719 g/mol. The second-order valence-corrected chi connectivity index (χ2v) is 15.8. The molecule has 0 unspecified atom stereocenters. The Kier molecular flexibility index (Phi) is 10.3. The van der Waals surface area contributed by atoms with Crippen molar-refractivity contribution in [2.24, 2.45) is 0 Å². The van der Waals surface area contributed by atoms with E-state index in [1.165, 1.54) is 11.3 Å². The minimum Gasteiger partial charge on any atom is -0.443 e. The number of benzene rings is 2. The van der Waals surface area contributed by atoms with Crippen LogP contribution in [0.2, 0.25) is 0 Å². The smallest absolute Gasteiger partial charge is 0.425 e. The van der Waals surface area contributed by atoms with Crippen LogP contribution in [0, 0.1) is 13.8 Å². The highest BCUT2D eigenvalue weighted by Crippen LogP contribution is 2.40. The molecule has 0 aromatic heterocycles. The number of piperidine rings is 2. The number of amides is 8. The highest BCUT2D eigenvalue weighted by atomic mass is 16.6. The molecule has 2 N–H and O–H groups in total. The number of hydrogen-bond donors (Lipinski definition) is 2. The van der Waals surface area contributed by atoms with Gasteiger partial charge in [-0.3, -0.25) is 14.9 Å². The van der Waals surface area contributed by atoms with Crippen LogP contribution in [0.5, 0.6) is 0 Å². The number of aryl methyl sites for hydroxylation is 2. The molecule has 4 saturated heterocycles. The van der Waals surface area contributed by atoms with E-state index in [1.54, 1.807) is 41.5 Å². The number of para-hydroxylation sites is 2. The van der Waals surface area contributed by atoms with Crippen molar-refractivity contribution in [1.82, 2.24) is 20.4 Å². The van der Waals surface area contributed by atoms with Crippen LogP contribution in [0.15, 0.2) is 48.5 Å². The number of imide groups is 5. The molecule has 0 saturated carbocycles. The van der Waals surface area contributed by atoms with Crippen molar-refractivity contribution in [1.29, 1.82) is 0 Å². The maximum Gasteiger partial charge on any atom is 0.425 e. The Labute approximate surface area is 304 Å². The number of ether oxygens (including phenoxy) is 2. The largest absolute Gasteiger partial charge is 0.443 e. The summed E-state index contributed by atoms with van der Waals surface area (Å²) in [7, 11) is 0. The lowest BCUT2D eigenvalue weighted by molar-refractivity contribution is -0.133. The number of rotatable bonds is 2. The van der Waals surface area contributed by atoms with Crippen LogP contribution in [0.25, 0.3) is 0 Å². The molecule has 0 bridgehead atoms. The molecule has 0 aliphatic carbocycles. The van der Waals surface area contributed by atoms with Crippen molar-refractivity contribution in [3.05, 3.63) is 59.7 Å². The molecule has 6 rings (SSSR count). The molecule has 4 aliphatic heterocycles. The van der Waals surface area contributed by atoms with Gasteiger partial charge in [-0.15, -0.1) is 0 Å². The van der Waals surface area contributed by atoms with Gasteiger partial charge in [-0.05, 0) is 104 Å². The molecule has 280 valence electrons. The predicted molar refractivity (Wildman–Crippen MR) is 194 cm³/mol. The van der Waals surface area contributed by atoms with Gasteiger partial charge in [0.1, 0.15) is 22.3 Å². The fraction of sp³-hybridized carbons (Fsp3) is 0.526. The third-order valence-corrected chi connectivity index (χ3v) is 9.70. The normalized spacial score (nSPS) is 19.7. The van der Waals surface area contributed by atoms with Crippen LogP contribution in [-0.2, 0) is 19.1 Å². The zero-order valence-corrected chi connectivity index (χ0v) is 31.3. The molecular formula is C38H50N6O8. The lowest BCUT2D eigenvalue weighted by Crippen LogP contribution is -2.59. The molecule has 8 amide bonds. The summed E-state index contributed by atoms with van der Waals surface area (Å²) in [6, 6.07) is 14.7. The van der Waals surface area contributed by atoms with E-state index in [1.807, 2.05) is 43.3 Å². The van der Waals surface area contributed by atoms with E-state index in [0.717, 1.165) is 29.2 Å². The van der Waals surface area contributed by atoms with Gasteiger partial charge in [0.25, 0.3) is 11.8 Å². The van der Waals surface area contributed by atoms with E-state index in [0.29, 0.717) is 30.8 Å². The summed E-state index contributed by atoms with van der Waals surface area (Å²) in [6.45, 7) is 16.4. The zero-order chi connectivity index (χ0) is 38.2. The third kappa shape index (κ3) is 7.70. The molecule has 4 heterocycles. The van der Waals surface area contributed by atoms with Crippen molar-refractivity contribution in [3.63, 3.8) is 0 Å². The van der Waals surface area contributed by atoms with Gasteiger partial charge in [0.05, 0.1) is 0 Å². The van der Waals surface area contributed by atoms with Gasteiger partial charge in [-0.2, -0.15) is 4.90 Å². The average Bonchev–Trinajstić information content (AvgIpc) is 3.44. The summed E-state index contributed by atoms with van der Waals surface area (Å²) < 4.78 is 10.7. The first-order valence-electron chi connectivity index (χ1n) is 17.7. The molecule has 14 heteroatoms. The van der Waals surface area contributed by atoms with E-state index in [-0.39, 0.29) is 24.8 Å². The fourth-order valence-electron chi connectivity index (χ4n) is 7.10. The second-order valence-electron chi connectivity index (χ2n) is 15.8. The molecule has 14 nitrogen and oxygen atoms in total. The van der Waals surface area contributed by atoms with Crippen molar-refractivity contribution in [2.45, 2.75) is 103 Å². The summed E-state index contributed by atoms with van der Waals surface area (Å²) in [5.41, 5.74) is 0.562. The summed E-state index contributed by atoms with van der Waals surface area (Å²) in [5, 5.41) is 5.12. The van der Waals surface area contributed by atoms with Crippen LogP contribution in [0.4, 0.5) is 30.6 Å². The molecule has 0 radical (unpaired) electrons. The van der Waals surface area contributed by atoms with Crippen molar-refractivity contribution in [3.8, 4) is 0 Å². The van der Waals surface area contributed by atoms with E-state index in [4.69, 9.17) is 9.47 Å². The van der Waals surface area contributed by atoms with E-state index in [9.17, 15) is 28.8 Å². The summed E-state index contributed by atoms with van der Waals surface area (Å²) >= 11 is 0. The van der Waals surface area contributed by atoms with Gasteiger partial charge in [-0.25, -0.2) is 24.1 Å². The number of hydrogen-bond acceptors (Lipinski definition) is 10. The van der Waals surface area contributed by atoms with Gasteiger partial charge in [0.15, 0.2) is 0 Å². The molecule has 2 aromatic carbocycles. The first kappa shape index (κ1) is 38.1. The van der Waals surface area contributed by atoms with Crippen LogP contribution in [-0.4, -0.2) is 94.3 Å². The highest BCUT2D eigenvalue weighted by molar-refractivity contribution is 6.21. The van der Waals surface area contributed by atoms with Crippen molar-refractivity contribution in [2.75, 3.05) is 36.0 Å². The van der Waals surface area contributed by atoms with E-state index in [2.05, 4.69) is 39.5 Å². The minimum atomic E-state index is -1.50. The summed E-state index contributed by atoms with van der Waals surface area (Å²) in [5.74, 6) is -0.932. The topological polar surface area (TPSA) is 158 Å². The Hall–Kier alpha value is -5.14. The SMILES string of the molecule is Cc1ccccc1N1CCC2(CC1)C(=O)N(C(=O)OC(C)(C)C)C(=O)N2C(=O)OC(C)(C)C.Cc1ccccc1N1CCC2(CC1)NC(=O)NC2=O. The van der Waals surface area contributed by atoms with Crippen LogP contribution in [0.3, 0.4) is 0 Å². The number of nitrogens with zero attached hydrogens (tertiary/aromatic N) is 4. The molecule has 2 aromatic rings. The first-order valence-corrected chi connectivity index (χ1v) is 17.7. The van der Waals surface area contributed by atoms with Gasteiger partial charge in [-0.1, -0.05) is 36.4 Å². The number of anilines is 2. The molecule has 2 spiro atoms. The maximum absolute atomic E-state index is 13.5. The van der Waals surface area contributed by atoms with Crippen LogP contribution in [0.1, 0.15) is 78.4 Å². The lowest BCUT2D eigenvalue weighted by atomic mass is 9.85. The number of nitrogens with one attached hydrogen (secondary N) is 2. The fourth-order valence-corrected chi connectivity index (χ4v) is 7.10. The Morgan fingerprint density at radius 2 is 1.12 bits per heavy atom. The summed E-state index contributed by atoms with van der Waals surface area (Å²) in [6.07, 6.45) is -0.396. The first-order chi connectivity index (χ1) is 24.3. The van der Waals surface area contributed by atoms with Crippen LogP contribution >= 0.6 is 0 Å². The molecule has 52 heavy (non-hydrogen) atoms. The number of urea groups is 2. The minimum absolute atomic E-state index is 0.171. The van der Waals surface area contributed by atoms with E-state index < -0.39 is 46.4 Å². The quantitative estimate of drug-likeness (QED) is 0.373. The van der Waals surface area contributed by atoms with Gasteiger partial charge in [0.2, 0.25) is 0 Å². The number of carbonyl (C=O) groups is 6. The van der Waals surface area contributed by atoms with Gasteiger partial charge < -0.3 is 24.6 Å². The van der Waals surface area contributed by atoms with Crippen molar-refractivity contribution >= 4 is 47.4 Å². The molecule has 0 atom stereocenters. The Morgan fingerprint density at radius 1 is 0.673 bits per heavy atom. The number of carbonyl (C=O) groups excluding carboxylic acids is 6.